The van der Waals surface area contributed by atoms with E-state index < -0.39 is 53.4 Å². The summed E-state index contributed by atoms with van der Waals surface area (Å²) in [7, 11) is 0. The summed E-state index contributed by atoms with van der Waals surface area (Å²) in [5.41, 5.74) is 0. The van der Waals surface area contributed by atoms with Gasteiger partial charge in [0.1, 0.15) is 0 Å². The molecule has 3 aliphatic rings. The third-order valence-electron chi connectivity index (χ3n) is 7.92. The molecule has 3 rings (SSSR count). The van der Waals surface area contributed by atoms with Crippen LogP contribution >= 0.6 is 0 Å². The van der Waals surface area contributed by atoms with E-state index in [-0.39, 0.29) is 90.0 Å². The minimum Gasteiger partial charge on any atom is -0.481 e. The second kappa shape index (κ2) is 34.3. The number of aliphatic carboxylic acids is 3. The average Bonchev–Trinajstić information content (AvgIpc) is 3.87. The standard InChI is InChI=1S/C18H28N2O9.C14H20N2O7.C7H7NO4/c21-15(3-6-20-16(22)1-2-17(20)23)19-5-8-27-10-12-29-14-13-28-11-9-26-7-4-18(24)25;17-11(3-6-16-12(18)1-2-13(16)19)15-5-8-23-10-9-22-7-4-14(20)21;9-5-1-2-6(10)8(5)4-3-7(11)12/h1-2H,3-14H2,(H,19,21)(H,24,25);1-2H,3-10H2,(H,15,17)(H,20,21);1-2H,3-4H2,(H,11,12). The van der Waals surface area contributed by atoms with Crippen molar-refractivity contribution in [3.63, 3.8) is 0 Å². The fraction of sp³-hybridized carbons (Fsp3) is 0.564. The highest BCUT2D eigenvalue weighted by molar-refractivity contribution is 6.14. The zero-order valence-electron chi connectivity index (χ0n) is 35.1. The summed E-state index contributed by atoms with van der Waals surface area (Å²) >= 11 is 0. The topological polar surface area (TPSA) is 338 Å². The van der Waals surface area contributed by atoms with E-state index in [0.29, 0.717) is 65.9 Å². The molecule has 0 aromatic heterocycles. The first kappa shape index (κ1) is 55.8. The third-order valence-corrected chi connectivity index (χ3v) is 7.92. The van der Waals surface area contributed by atoms with Crippen molar-refractivity contribution in [1.29, 1.82) is 0 Å². The molecule has 0 aromatic carbocycles. The van der Waals surface area contributed by atoms with Gasteiger partial charge < -0.3 is 54.4 Å². The third kappa shape index (κ3) is 27.6. The Morgan fingerprint density at radius 3 is 0.859 bits per heavy atom. The minimum absolute atomic E-state index is 0.0227. The molecule has 0 saturated carbocycles. The number of nitrogens with zero attached hydrogens (tertiary/aromatic N) is 3. The molecule has 3 aliphatic heterocycles. The van der Waals surface area contributed by atoms with Crippen molar-refractivity contribution in [2.75, 3.05) is 112 Å². The molecular weight excluding hydrogens is 858 g/mol. The van der Waals surface area contributed by atoms with Crippen molar-refractivity contribution in [3.8, 4) is 0 Å². The molecule has 64 heavy (non-hydrogen) atoms. The van der Waals surface area contributed by atoms with Gasteiger partial charge in [0, 0.05) is 82.0 Å². The van der Waals surface area contributed by atoms with E-state index in [1.807, 2.05) is 0 Å². The SMILES string of the molecule is O=C(O)CCN1C(=O)C=CC1=O.O=C(O)CCOCCOCCNC(=O)CCN1C(=O)C=CC1=O.O=C(O)CCOCCOCCOCCOCCNC(=O)CCN1C(=O)C=CC1=O. The Morgan fingerprint density at radius 1 is 0.359 bits per heavy atom. The maximum Gasteiger partial charge on any atom is 0.305 e. The number of hydrogen-bond acceptors (Lipinski definition) is 17. The molecule has 25 nitrogen and oxygen atoms in total. The molecule has 0 radical (unpaired) electrons. The van der Waals surface area contributed by atoms with Crippen LogP contribution in [0, 0.1) is 0 Å². The summed E-state index contributed by atoms with van der Waals surface area (Å²) in [6.07, 6.45) is 6.78. The van der Waals surface area contributed by atoms with Crippen LogP contribution in [0.4, 0.5) is 0 Å². The van der Waals surface area contributed by atoms with Crippen LogP contribution < -0.4 is 10.6 Å². The van der Waals surface area contributed by atoms with E-state index >= 15 is 0 Å². The summed E-state index contributed by atoms with van der Waals surface area (Å²) < 4.78 is 31.1. The highest BCUT2D eigenvalue weighted by Crippen LogP contribution is 2.06. The van der Waals surface area contributed by atoms with Crippen LogP contribution in [0.5, 0.6) is 0 Å². The first-order valence-electron chi connectivity index (χ1n) is 19.9. The van der Waals surface area contributed by atoms with Gasteiger partial charge in [0.2, 0.25) is 11.8 Å². The van der Waals surface area contributed by atoms with Gasteiger partial charge in [-0.05, 0) is 0 Å². The number of carbonyl (C=O) groups is 11. The van der Waals surface area contributed by atoms with E-state index in [2.05, 4.69) is 10.6 Å². The summed E-state index contributed by atoms with van der Waals surface area (Å²) in [6, 6.07) is 0. The fourth-order valence-electron chi connectivity index (χ4n) is 4.69. The Labute approximate surface area is 367 Å². The van der Waals surface area contributed by atoms with Crippen LogP contribution in [0.3, 0.4) is 0 Å². The van der Waals surface area contributed by atoms with Gasteiger partial charge in [-0.3, -0.25) is 67.4 Å². The van der Waals surface area contributed by atoms with Gasteiger partial charge in [0.05, 0.1) is 98.5 Å². The number of hydrogen-bond donors (Lipinski definition) is 5. The maximum atomic E-state index is 11.7. The van der Waals surface area contributed by atoms with Gasteiger partial charge >= 0.3 is 17.9 Å². The van der Waals surface area contributed by atoms with Crippen LogP contribution in [0.1, 0.15) is 32.1 Å². The van der Waals surface area contributed by atoms with Gasteiger partial charge in [-0.1, -0.05) is 0 Å². The summed E-state index contributed by atoms with van der Waals surface area (Å²) in [5, 5.41) is 30.3. The van der Waals surface area contributed by atoms with Crippen molar-refractivity contribution in [3.05, 3.63) is 36.5 Å². The zero-order chi connectivity index (χ0) is 47.5. The Morgan fingerprint density at radius 2 is 0.594 bits per heavy atom. The lowest BCUT2D eigenvalue weighted by Crippen LogP contribution is -2.35. The largest absolute Gasteiger partial charge is 0.481 e. The number of rotatable bonds is 33. The smallest absolute Gasteiger partial charge is 0.305 e. The van der Waals surface area contributed by atoms with Crippen LogP contribution in [0.2, 0.25) is 0 Å². The van der Waals surface area contributed by atoms with Gasteiger partial charge in [-0.25, -0.2) is 0 Å². The lowest BCUT2D eigenvalue weighted by atomic mass is 10.3. The molecule has 0 bridgehead atoms. The average molecular weight is 914 g/mol. The Bertz CT molecular complexity index is 1630. The fourth-order valence-corrected chi connectivity index (χ4v) is 4.69. The molecule has 0 aromatic rings. The Balaban J connectivity index is 0.000000519. The van der Waals surface area contributed by atoms with Crippen LogP contribution in [0.15, 0.2) is 36.5 Å². The predicted octanol–water partition coefficient (Wildman–Crippen LogP) is -2.73. The van der Waals surface area contributed by atoms with Gasteiger partial charge in [0.15, 0.2) is 0 Å². The molecule has 3 heterocycles. The Hall–Kier alpha value is -6.25. The van der Waals surface area contributed by atoms with Crippen LogP contribution in [-0.2, 0) is 81.2 Å². The van der Waals surface area contributed by atoms with Gasteiger partial charge in [-0.2, -0.15) is 0 Å². The van der Waals surface area contributed by atoms with Crippen molar-refractivity contribution >= 4 is 65.2 Å². The van der Waals surface area contributed by atoms with Crippen molar-refractivity contribution < 1.29 is 96.5 Å². The first-order chi connectivity index (χ1) is 30.6. The zero-order valence-corrected chi connectivity index (χ0v) is 35.1. The monoisotopic (exact) mass is 913 g/mol. The number of imide groups is 3. The summed E-state index contributed by atoms with van der Waals surface area (Å²) in [4.78, 5) is 124. The van der Waals surface area contributed by atoms with E-state index in [0.717, 1.165) is 26.9 Å². The number of nitrogens with one attached hydrogen (secondary N) is 2. The molecule has 0 fully saturated rings. The quantitative estimate of drug-likeness (QED) is 0.0330. The van der Waals surface area contributed by atoms with E-state index in [1.165, 1.54) is 24.3 Å². The maximum absolute atomic E-state index is 11.7. The number of carboxylic acid groups (broad SMARTS) is 3. The lowest BCUT2D eigenvalue weighted by Gasteiger charge is -2.13. The minimum atomic E-state index is -1.03. The molecule has 0 aliphatic carbocycles. The van der Waals surface area contributed by atoms with Crippen LogP contribution in [-0.4, -0.2) is 207 Å². The van der Waals surface area contributed by atoms with E-state index in [4.69, 9.17) is 43.7 Å². The number of ether oxygens (including phenoxy) is 6. The molecule has 0 atom stereocenters. The first-order valence-corrected chi connectivity index (χ1v) is 19.9. The summed E-state index contributed by atoms with van der Waals surface area (Å²) in [5.74, 6) is -5.88. The molecule has 0 saturated heterocycles. The predicted molar refractivity (Wildman–Crippen MR) is 215 cm³/mol. The molecular formula is C39H55N5O20. The molecule has 356 valence electrons. The molecule has 5 N–H and O–H groups in total. The molecule has 0 spiro atoms. The second-order valence-corrected chi connectivity index (χ2v) is 12.8. The number of amides is 8. The highest BCUT2D eigenvalue weighted by atomic mass is 16.6. The lowest BCUT2D eigenvalue weighted by molar-refractivity contribution is -0.142. The highest BCUT2D eigenvalue weighted by Gasteiger charge is 2.25. The Kier molecular flexibility index (Phi) is 29.9. The van der Waals surface area contributed by atoms with Crippen molar-refractivity contribution in [2.24, 2.45) is 0 Å². The molecule has 8 amide bonds. The molecule has 25 heteroatoms. The van der Waals surface area contributed by atoms with Crippen molar-refractivity contribution in [2.45, 2.75) is 32.1 Å². The summed E-state index contributed by atoms with van der Waals surface area (Å²) in [6.45, 7) is 4.45. The van der Waals surface area contributed by atoms with Gasteiger partial charge in [0.25, 0.3) is 35.4 Å². The van der Waals surface area contributed by atoms with Gasteiger partial charge in [-0.15, -0.1) is 0 Å². The van der Waals surface area contributed by atoms with E-state index in [9.17, 15) is 52.7 Å². The number of carbonyl (C=O) groups excluding carboxylic acids is 8. The normalized spacial score (nSPS) is 13.9. The molecule has 0 unspecified atom stereocenters. The number of carboxylic acids is 3. The second-order valence-electron chi connectivity index (χ2n) is 12.8. The van der Waals surface area contributed by atoms with Crippen LogP contribution in [0.25, 0.3) is 0 Å². The van der Waals surface area contributed by atoms with Crippen molar-refractivity contribution in [1.82, 2.24) is 25.3 Å². The van der Waals surface area contributed by atoms with E-state index in [1.54, 1.807) is 0 Å².